The van der Waals surface area contributed by atoms with Crippen LogP contribution in [-0.2, 0) is 13.1 Å². The molecular formula is C24H33IN4O. The molecule has 0 unspecified atom stereocenters. The number of amides is 1. The summed E-state index contributed by atoms with van der Waals surface area (Å²) in [5.74, 6) is 0.997. The number of carbonyl (C=O) groups is 1. The van der Waals surface area contributed by atoms with Crippen molar-refractivity contribution in [1.29, 1.82) is 0 Å². The van der Waals surface area contributed by atoms with Crippen molar-refractivity contribution >= 4 is 35.8 Å². The summed E-state index contributed by atoms with van der Waals surface area (Å²) < 4.78 is 0. The summed E-state index contributed by atoms with van der Waals surface area (Å²) in [6, 6.07) is 16.5. The third-order valence-corrected chi connectivity index (χ3v) is 5.41. The minimum atomic E-state index is 0. The predicted molar refractivity (Wildman–Crippen MR) is 134 cm³/mol. The van der Waals surface area contributed by atoms with Crippen LogP contribution in [0.15, 0.2) is 53.5 Å². The molecule has 6 heteroatoms. The minimum absolute atomic E-state index is 0. The van der Waals surface area contributed by atoms with Crippen molar-refractivity contribution in [3.8, 4) is 0 Å². The number of halogens is 1. The molecule has 1 N–H and O–H groups in total. The lowest BCUT2D eigenvalue weighted by Crippen LogP contribution is -2.38. The molecule has 2 aromatic rings. The molecule has 2 aromatic carbocycles. The molecule has 0 saturated carbocycles. The number of aryl methyl sites for hydroxylation is 1. The van der Waals surface area contributed by atoms with Crippen LogP contribution in [-0.4, -0.2) is 48.9 Å². The summed E-state index contributed by atoms with van der Waals surface area (Å²) in [6.45, 7) is 5.32. The van der Waals surface area contributed by atoms with Crippen LogP contribution < -0.4 is 5.32 Å². The van der Waals surface area contributed by atoms with Gasteiger partial charge in [0.1, 0.15) is 0 Å². The number of likely N-dealkylation sites (tertiary alicyclic amines) is 1. The van der Waals surface area contributed by atoms with E-state index in [4.69, 9.17) is 0 Å². The van der Waals surface area contributed by atoms with Gasteiger partial charge in [-0.05, 0) is 49.4 Å². The predicted octanol–water partition coefficient (Wildman–Crippen LogP) is 4.45. The zero-order valence-corrected chi connectivity index (χ0v) is 20.6. The number of hydrogen-bond acceptors (Lipinski definition) is 2. The van der Waals surface area contributed by atoms with Gasteiger partial charge in [0.2, 0.25) is 0 Å². The smallest absolute Gasteiger partial charge is 0.253 e. The van der Waals surface area contributed by atoms with Crippen molar-refractivity contribution in [2.24, 2.45) is 4.99 Å². The highest BCUT2D eigenvalue weighted by Crippen LogP contribution is 2.14. The van der Waals surface area contributed by atoms with Gasteiger partial charge in [-0.15, -0.1) is 24.0 Å². The standard InChI is InChI=1S/C24H32N4O.HI/c1-19-7-9-21(10-8-19)18-27(3)24(25-2)26-17-20-11-13-22(14-12-20)23(29)28-15-5-4-6-16-28;/h7-14H,4-6,15-18H2,1-3H3,(H,25,26);1H. The van der Waals surface area contributed by atoms with E-state index < -0.39 is 0 Å². The van der Waals surface area contributed by atoms with E-state index in [1.807, 2.05) is 36.2 Å². The topological polar surface area (TPSA) is 47.9 Å². The maximum atomic E-state index is 12.6. The number of guanidine groups is 1. The molecule has 3 rings (SSSR count). The second kappa shape index (κ2) is 11.9. The van der Waals surface area contributed by atoms with Crippen molar-refractivity contribution in [2.75, 3.05) is 27.2 Å². The molecule has 0 bridgehead atoms. The van der Waals surface area contributed by atoms with Gasteiger partial charge in [0.25, 0.3) is 5.91 Å². The number of nitrogens with zero attached hydrogens (tertiary/aromatic N) is 3. The Balaban J connectivity index is 0.00000320. The summed E-state index contributed by atoms with van der Waals surface area (Å²) in [5, 5.41) is 3.41. The first-order valence-electron chi connectivity index (χ1n) is 10.4. The van der Waals surface area contributed by atoms with Crippen LogP contribution in [0.25, 0.3) is 0 Å². The molecule has 0 aliphatic carbocycles. The zero-order chi connectivity index (χ0) is 20.6. The molecule has 1 aliphatic rings. The average Bonchev–Trinajstić information content (AvgIpc) is 2.76. The maximum absolute atomic E-state index is 12.6. The molecule has 1 saturated heterocycles. The fraction of sp³-hybridized carbons (Fsp3) is 0.417. The largest absolute Gasteiger partial charge is 0.352 e. The van der Waals surface area contributed by atoms with Crippen molar-refractivity contribution < 1.29 is 4.79 Å². The lowest BCUT2D eigenvalue weighted by Gasteiger charge is -2.26. The van der Waals surface area contributed by atoms with E-state index >= 15 is 0 Å². The number of rotatable bonds is 5. The van der Waals surface area contributed by atoms with Crippen LogP contribution in [0.3, 0.4) is 0 Å². The SMILES string of the molecule is CN=C(NCc1ccc(C(=O)N2CCCCC2)cc1)N(C)Cc1ccc(C)cc1.I. The Kier molecular flexibility index (Phi) is 9.62. The van der Waals surface area contributed by atoms with Gasteiger partial charge >= 0.3 is 0 Å². The average molecular weight is 520 g/mol. The molecule has 30 heavy (non-hydrogen) atoms. The quantitative estimate of drug-likeness (QED) is 0.360. The van der Waals surface area contributed by atoms with E-state index in [9.17, 15) is 4.79 Å². The monoisotopic (exact) mass is 520 g/mol. The molecule has 1 aliphatic heterocycles. The van der Waals surface area contributed by atoms with Gasteiger partial charge < -0.3 is 15.1 Å². The Morgan fingerprint density at radius 3 is 2.20 bits per heavy atom. The van der Waals surface area contributed by atoms with Gasteiger partial charge in [0.05, 0.1) is 0 Å². The number of carbonyl (C=O) groups excluding carboxylic acids is 1. The normalized spacial score (nSPS) is 14.1. The first kappa shape index (κ1) is 24.2. The van der Waals surface area contributed by atoms with Gasteiger partial charge in [0.15, 0.2) is 5.96 Å². The van der Waals surface area contributed by atoms with E-state index in [-0.39, 0.29) is 29.9 Å². The van der Waals surface area contributed by atoms with Gasteiger partial charge in [-0.2, -0.15) is 0 Å². The van der Waals surface area contributed by atoms with Crippen molar-refractivity contribution in [2.45, 2.75) is 39.3 Å². The van der Waals surface area contributed by atoms with Gasteiger partial charge in [-0.1, -0.05) is 42.0 Å². The Hall–Kier alpha value is -2.09. The molecule has 0 spiro atoms. The lowest BCUT2D eigenvalue weighted by atomic mass is 10.1. The first-order valence-corrected chi connectivity index (χ1v) is 10.4. The number of aliphatic imine (C=N–C) groups is 1. The van der Waals surface area contributed by atoms with Crippen LogP contribution in [0.1, 0.15) is 46.3 Å². The van der Waals surface area contributed by atoms with E-state index in [1.165, 1.54) is 17.5 Å². The van der Waals surface area contributed by atoms with E-state index in [2.05, 4.69) is 46.4 Å². The third kappa shape index (κ3) is 6.72. The summed E-state index contributed by atoms with van der Waals surface area (Å²) in [5.41, 5.74) is 4.42. The fourth-order valence-corrected chi connectivity index (χ4v) is 3.65. The Morgan fingerprint density at radius 1 is 1.00 bits per heavy atom. The van der Waals surface area contributed by atoms with E-state index in [0.717, 1.165) is 49.6 Å². The zero-order valence-electron chi connectivity index (χ0n) is 18.2. The molecule has 0 aromatic heterocycles. The van der Waals surface area contributed by atoms with Crippen LogP contribution in [0.4, 0.5) is 0 Å². The van der Waals surface area contributed by atoms with Gasteiger partial charge in [-0.25, -0.2) is 0 Å². The van der Waals surface area contributed by atoms with E-state index in [1.54, 1.807) is 7.05 Å². The second-order valence-corrected chi connectivity index (χ2v) is 7.79. The van der Waals surface area contributed by atoms with Gasteiger partial charge in [0, 0.05) is 45.8 Å². The Bertz CT molecular complexity index is 827. The first-order chi connectivity index (χ1) is 14.1. The molecule has 1 heterocycles. The lowest BCUT2D eigenvalue weighted by molar-refractivity contribution is 0.0724. The number of piperidine rings is 1. The van der Waals surface area contributed by atoms with Crippen LogP contribution >= 0.6 is 24.0 Å². The van der Waals surface area contributed by atoms with Crippen molar-refractivity contribution in [1.82, 2.24) is 15.1 Å². The highest BCUT2D eigenvalue weighted by atomic mass is 127. The Labute approximate surface area is 197 Å². The van der Waals surface area contributed by atoms with Crippen LogP contribution in [0, 0.1) is 6.92 Å². The summed E-state index contributed by atoms with van der Waals surface area (Å²) in [4.78, 5) is 21.1. The van der Waals surface area contributed by atoms with Gasteiger partial charge in [-0.3, -0.25) is 9.79 Å². The second-order valence-electron chi connectivity index (χ2n) is 7.79. The van der Waals surface area contributed by atoms with E-state index in [0.29, 0.717) is 6.54 Å². The molecule has 5 nitrogen and oxygen atoms in total. The fourth-order valence-electron chi connectivity index (χ4n) is 3.65. The summed E-state index contributed by atoms with van der Waals surface area (Å²) in [7, 11) is 3.84. The third-order valence-electron chi connectivity index (χ3n) is 5.41. The van der Waals surface area contributed by atoms with Crippen molar-refractivity contribution in [3.63, 3.8) is 0 Å². The maximum Gasteiger partial charge on any atom is 0.253 e. The molecular weight excluding hydrogens is 487 g/mol. The highest BCUT2D eigenvalue weighted by Gasteiger charge is 2.17. The van der Waals surface area contributed by atoms with Crippen LogP contribution in [0.5, 0.6) is 0 Å². The molecule has 162 valence electrons. The molecule has 1 fully saturated rings. The van der Waals surface area contributed by atoms with Crippen molar-refractivity contribution in [3.05, 3.63) is 70.8 Å². The Morgan fingerprint density at radius 2 is 1.60 bits per heavy atom. The molecule has 0 atom stereocenters. The molecule has 0 radical (unpaired) electrons. The highest BCUT2D eigenvalue weighted by molar-refractivity contribution is 14.0. The number of benzene rings is 2. The molecule has 1 amide bonds. The minimum Gasteiger partial charge on any atom is -0.352 e. The number of hydrogen-bond donors (Lipinski definition) is 1. The van der Waals surface area contributed by atoms with Crippen LogP contribution in [0.2, 0.25) is 0 Å². The summed E-state index contributed by atoms with van der Waals surface area (Å²) in [6.07, 6.45) is 3.46. The number of nitrogens with one attached hydrogen (secondary N) is 1. The summed E-state index contributed by atoms with van der Waals surface area (Å²) >= 11 is 0.